The molecule has 1 heterocycles. The Labute approximate surface area is 100 Å². The zero-order valence-corrected chi connectivity index (χ0v) is 10.2. The van der Waals surface area contributed by atoms with Crippen molar-refractivity contribution >= 4 is 23.2 Å². The van der Waals surface area contributed by atoms with E-state index < -0.39 is 0 Å². The van der Waals surface area contributed by atoms with Gasteiger partial charge in [0.25, 0.3) is 0 Å². The van der Waals surface area contributed by atoms with Crippen LogP contribution in [0.1, 0.15) is 19.4 Å². The van der Waals surface area contributed by atoms with Crippen LogP contribution >= 0.6 is 0 Å². The van der Waals surface area contributed by atoms with Crippen LogP contribution < -0.4 is 10.6 Å². The second-order valence-corrected chi connectivity index (χ2v) is 4.64. The zero-order chi connectivity index (χ0) is 12.7. The average Bonchev–Trinajstić information content (AvgIpc) is 2.45. The first-order valence-electron chi connectivity index (χ1n) is 5.67. The fourth-order valence-electron chi connectivity index (χ4n) is 2.11. The Hall–Kier alpha value is -1.84. The number of hydrogen-bond donors (Lipinski definition) is 1. The van der Waals surface area contributed by atoms with Gasteiger partial charge in [-0.2, -0.15) is 0 Å². The summed E-state index contributed by atoms with van der Waals surface area (Å²) in [6.45, 7) is 5.43. The second kappa shape index (κ2) is 3.87. The third-order valence-electron chi connectivity index (χ3n) is 3.43. The van der Waals surface area contributed by atoms with Crippen molar-refractivity contribution in [2.75, 3.05) is 10.6 Å². The van der Waals surface area contributed by atoms with E-state index >= 15 is 0 Å². The van der Waals surface area contributed by atoms with E-state index in [4.69, 9.17) is 5.73 Å². The number of nitrogens with two attached hydrogens (primary N) is 1. The van der Waals surface area contributed by atoms with Gasteiger partial charge in [0.05, 0.1) is 5.69 Å². The first-order chi connectivity index (χ1) is 7.93. The summed E-state index contributed by atoms with van der Waals surface area (Å²) in [5, 5.41) is 0. The molecular formula is C13H16N2O2. The van der Waals surface area contributed by atoms with Crippen molar-refractivity contribution in [2.45, 2.75) is 20.8 Å². The summed E-state index contributed by atoms with van der Waals surface area (Å²) in [4.78, 5) is 25.4. The van der Waals surface area contributed by atoms with Crippen LogP contribution in [0.4, 0.5) is 11.4 Å². The summed E-state index contributed by atoms with van der Waals surface area (Å²) >= 11 is 0. The Balaban J connectivity index is 2.47. The Bertz CT molecular complexity index is 476. The standard InChI is InChI=1S/C13H16N2O2/c1-7-6-10(14)4-5-11(7)15-12(16)8(2)9(3)13(15)17/h4-6,8-9H,14H2,1-3H3. The van der Waals surface area contributed by atoms with Gasteiger partial charge in [-0.25, -0.2) is 4.90 Å². The topological polar surface area (TPSA) is 63.4 Å². The first kappa shape index (κ1) is 11.6. The molecule has 1 saturated heterocycles. The molecule has 1 aliphatic rings. The molecule has 1 aromatic rings. The van der Waals surface area contributed by atoms with Gasteiger partial charge < -0.3 is 5.73 Å². The maximum absolute atomic E-state index is 12.0. The molecular weight excluding hydrogens is 216 g/mol. The van der Waals surface area contributed by atoms with Crippen molar-refractivity contribution in [1.29, 1.82) is 0 Å². The molecule has 2 N–H and O–H groups in total. The molecule has 2 atom stereocenters. The van der Waals surface area contributed by atoms with Gasteiger partial charge in [-0.05, 0) is 30.7 Å². The average molecular weight is 232 g/mol. The molecule has 0 bridgehead atoms. The van der Waals surface area contributed by atoms with Crippen molar-refractivity contribution in [3.63, 3.8) is 0 Å². The van der Waals surface area contributed by atoms with Crippen molar-refractivity contribution < 1.29 is 9.59 Å². The van der Waals surface area contributed by atoms with Crippen LogP contribution in [0.5, 0.6) is 0 Å². The number of amides is 2. The summed E-state index contributed by atoms with van der Waals surface area (Å²) in [6, 6.07) is 5.20. The van der Waals surface area contributed by atoms with E-state index in [0.717, 1.165) is 5.56 Å². The third-order valence-corrected chi connectivity index (χ3v) is 3.43. The predicted octanol–water partition coefficient (Wildman–Crippen LogP) is 1.72. The Kier molecular flexibility index (Phi) is 2.65. The van der Waals surface area contributed by atoms with E-state index in [1.807, 2.05) is 6.92 Å². The van der Waals surface area contributed by atoms with Crippen molar-refractivity contribution in [2.24, 2.45) is 11.8 Å². The molecule has 1 aliphatic heterocycles. The van der Waals surface area contributed by atoms with Crippen LogP contribution in [0.15, 0.2) is 18.2 Å². The minimum Gasteiger partial charge on any atom is -0.399 e. The van der Waals surface area contributed by atoms with Gasteiger partial charge in [0.2, 0.25) is 11.8 Å². The van der Waals surface area contributed by atoms with Crippen LogP contribution in [0.3, 0.4) is 0 Å². The van der Waals surface area contributed by atoms with Gasteiger partial charge in [0, 0.05) is 17.5 Å². The molecule has 2 amide bonds. The quantitative estimate of drug-likeness (QED) is 0.592. The molecule has 4 heteroatoms. The van der Waals surface area contributed by atoms with Crippen LogP contribution in [0.25, 0.3) is 0 Å². The summed E-state index contributed by atoms with van der Waals surface area (Å²) < 4.78 is 0. The van der Waals surface area contributed by atoms with E-state index in [2.05, 4.69) is 0 Å². The number of imide groups is 1. The first-order valence-corrected chi connectivity index (χ1v) is 5.67. The van der Waals surface area contributed by atoms with Crippen LogP contribution in [0.2, 0.25) is 0 Å². The highest BCUT2D eigenvalue weighted by molar-refractivity contribution is 6.22. The monoisotopic (exact) mass is 232 g/mol. The van der Waals surface area contributed by atoms with E-state index in [-0.39, 0.29) is 23.7 Å². The van der Waals surface area contributed by atoms with Crippen molar-refractivity contribution in [3.05, 3.63) is 23.8 Å². The highest BCUT2D eigenvalue weighted by atomic mass is 16.2. The SMILES string of the molecule is Cc1cc(N)ccc1N1C(=O)C(C)C(C)C1=O. The number of benzene rings is 1. The van der Waals surface area contributed by atoms with E-state index in [9.17, 15) is 9.59 Å². The molecule has 2 unspecified atom stereocenters. The Morgan fingerprint density at radius 1 is 1.12 bits per heavy atom. The Morgan fingerprint density at radius 2 is 1.65 bits per heavy atom. The molecule has 1 fully saturated rings. The molecule has 17 heavy (non-hydrogen) atoms. The fraction of sp³-hybridized carbons (Fsp3) is 0.385. The maximum Gasteiger partial charge on any atom is 0.237 e. The lowest BCUT2D eigenvalue weighted by Crippen LogP contribution is -2.31. The normalized spacial score (nSPS) is 24.5. The molecule has 90 valence electrons. The van der Waals surface area contributed by atoms with Gasteiger partial charge in [-0.1, -0.05) is 13.8 Å². The second-order valence-electron chi connectivity index (χ2n) is 4.64. The maximum atomic E-state index is 12.0. The molecule has 1 aromatic carbocycles. The molecule has 0 aliphatic carbocycles. The van der Waals surface area contributed by atoms with E-state index in [1.54, 1.807) is 32.0 Å². The predicted molar refractivity (Wildman–Crippen MR) is 66.4 cm³/mol. The number of carbonyl (C=O) groups excluding carboxylic acids is 2. The largest absolute Gasteiger partial charge is 0.399 e. The van der Waals surface area contributed by atoms with Crippen LogP contribution in [0, 0.1) is 18.8 Å². The van der Waals surface area contributed by atoms with Crippen molar-refractivity contribution in [1.82, 2.24) is 0 Å². The smallest absolute Gasteiger partial charge is 0.237 e. The van der Waals surface area contributed by atoms with Crippen LogP contribution in [-0.2, 0) is 9.59 Å². The lowest BCUT2D eigenvalue weighted by Gasteiger charge is -2.17. The Morgan fingerprint density at radius 3 is 2.12 bits per heavy atom. The summed E-state index contributed by atoms with van der Waals surface area (Å²) in [5.74, 6) is -0.760. The van der Waals surface area contributed by atoms with Gasteiger partial charge in [-0.3, -0.25) is 9.59 Å². The van der Waals surface area contributed by atoms with Gasteiger partial charge in [-0.15, -0.1) is 0 Å². The van der Waals surface area contributed by atoms with Crippen molar-refractivity contribution in [3.8, 4) is 0 Å². The summed E-state index contributed by atoms with van der Waals surface area (Å²) in [5.41, 5.74) is 7.78. The number of nitrogen functional groups attached to an aromatic ring is 1. The highest BCUT2D eigenvalue weighted by Crippen LogP contribution is 2.32. The summed E-state index contributed by atoms with van der Waals surface area (Å²) in [7, 11) is 0. The fourth-order valence-corrected chi connectivity index (χ4v) is 2.11. The number of carbonyl (C=O) groups is 2. The minimum absolute atomic E-state index is 0.129. The van der Waals surface area contributed by atoms with E-state index in [1.165, 1.54) is 4.90 Å². The van der Waals surface area contributed by atoms with Gasteiger partial charge in [0.1, 0.15) is 0 Å². The number of rotatable bonds is 1. The number of anilines is 2. The molecule has 2 rings (SSSR count). The molecule has 0 spiro atoms. The van der Waals surface area contributed by atoms with Crippen LogP contribution in [-0.4, -0.2) is 11.8 Å². The molecule has 0 radical (unpaired) electrons. The zero-order valence-electron chi connectivity index (χ0n) is 10.2. The van der Waals surface area contributed by atoms with Gasteiger partial charge in [0.15, 0.2) is 0 Å². The number of aryl methyl sites for hydroxylation is 1. The van der Waals surface area contributed by atoms with Gasteiger partial charge >= 0.3 is 0 Å². The molecule has 4 nitrogen and oxygen atoms in total. The lowest BCUT2D eigenvalue weighted by molar-refractivity contribution is -0.122. The summed E-state index contributed by atoms with van der Waals surface area (Å²) in [6.07, 6.45) is 0. The third kappa shape index (κ3) is 1.69. The van der Waals surface area contributed by atoms with E-state index in [0.29, 0.717) is 11.4 Å². The highest BCUT2D eigenvalue weighted by Gasteiger charge is 2.43. The lowest BCUT2D eigenvalue weighted by atomic mass is 10.00. The molecule has 0 aromatic heterocycles. The number of hydrogen-bond acceptors (Lipinski definition) is 3. The number of nitrogens with zero attached hydrogens (tertiary/aromatic N) is 1. The minimum atomic E-state index is -0.251. The molecule has 0 saturated carbocycles.